The van der Waals surface area contributed by atoms with Crippen LogP contribution in [0.15, 0.2) is 18.2 Å². The largest absolute Gasteiger partial charge is 0.388 e. The second kappa shape index (κ2) is 6.38. The summed E-state index contributed by atoms with van der Waals surface area (Å²) in [6.07, 6.45) is 8.14. The van der Waals surface area contributed by atoms with Gasteiger partial charge in [-0.1, -0.05) is 51.3 Å². The summed E-state index contributed by atoms with van der Waals surface area (Å²) in [4.78, 5) is 0. The molecule has 1 heteroatoms. The topological polar surface area (TPSA) is 20.2 Å². The molecule has 0 amide bonds. The highest BCUT2D eigenvalue weighted by molar-refractivity contribution is 5.34. The Morgan fingerprint density at radius 3 is 2.44 bits per heavy atom. The second-order valence-electron chi connectivity index (χ2n) is 5.58. The summed E-state index contributed by atoms with van der Waals surface area (Å²) in [6.45, 7) is 4.36. The Morgan fingerprint density at radius 1 is 1.11 bits per heavy atom. The third-order valence-electron chi connectivity index (χ3n) is 4.41. The lowest BCUT2D eigenvalue weighted by Gasteiger charge is -2.28. The van der Waals surface area contributed by atoms with E-state index in [1.165, 1.54) is 48.8 Å². The Bertz CT molecular complexity index is 377. The van der Waals surface area contributed by atoms with Gasteiger partial charge in [-0.2, -0.15) is 0 Å². The van der Waals surface area contributed by atoms with Crippen LogP contribution in [0.5, 0.6) is 0 Å². The first kappa shape index (κ1) is 13.6. The number of rotatable bonds is 4. The molecule has 1 saturated carbocycles. The van der Waals surface area contributed by atoms with Gasteiger partial charge >= 0.3 is 0 Å². The first-order valence-corrected chi connectivity index (χ1v) is 7.56. The average Bonchev–Trinajstić information content (AvgIpc) is 2.46. The summed E-state index contributed by atoms with van der Waals surface area (Å²) in [5.41, 5.74) is 3.87. The summed E-state index contributed by atoms with van der Waals surface area (Å²) >= 11 is 0. The van der Waals surface area contributed by atoms with E-state index in [0.29, 0.717) is 5.92 Å². The summed E-state index contributed by atoms with van der Waals surface area (Å²) in [5.74, 6) is 0.483. The molecule has 2 rings (SSSR count). The van der Waals surface area contributed by atoms with E-state index >= 15 is 0 Å². The fourth-order valence-corrected chi connectivity index (χ4v) is 3.17. The van der Waals surface area contributed by atoms with Gasteiger partial charge in [-0.3, -0.25) is 0 Å². The number of hydrogen-bond donors (Lipinski definition) is 1. The van der Waals surface area contributed by atoms with Gasteiger partial charge in [-0.05, 0) is 48.3 Å². The monoisotopic (exact) mass is 246 g/mol. The van der Waals surface area contributed by atoms with E-state index in [2.05, 4.69) is 32.0 Å². The fraction of sp³-hybridized carbons (Fsp3) is 0.647. The maximum atomic E-state index is 10.7. The van der Waals surface area contributed by atoms with Gasteiger partial charge in [0, 0.05) is 0 Å². The first-order chi connectivity index (χ1) is 8.76. The van der Waals surface area contributed by atoms with Crippen LogP contribution in [0.4, 0.5) is 0 Å². The van der Waals surface area contributed by atoms with E-state index in [0.717, 1.165) is 12.8 Å². The summed E-state index contributed by atoms with van der Waals surface area (Å²) in [5, 5.41) is 10.7. The van der Waals surface area contributed by atoms with E-state index in [1.807, 2.05) is 0 Å². The van der Waals surface area contributed by atoms with Gasteiger partial charge < -0.3 is 5.11 Å². The zero-order valence-electron chi connectivity index (χ0n) is 11.8. The van der Waals surface area contributed by atoms with E-state index < -0.39 is 0 Å². The maximum Gasteiger partial charge on any atom is 0.0820 e. The van der Waals surface area contributed by atoms with E-state index in [9.17, 15) is 5.11 Å². The molecule has 0 spiro atoms. The molecule has 1 atom stereocenters. The lowest BCUT2D eigenvalue weighted by molar-refractivity contribution is 0.0840. The average molecular weight is 246 g/mol. The highest BCUT2D eigenvalue weighted by Gasteiger charge is 2.24. The van der Waals surface area contributed by atoms with Crippen molar-refractivity contribution in [2.75, 3.05) is 0 Å². The van der Waals surface area contributed by atoms with Crippen molar-refractivity contribution in [1.82, 2.24) is 0 Å². The van der Waals surface area contributed by atoms with Crippen molar-refractivity contribution < 1.29 is 5.11 Å². The molecule has 1 nitrogen and oxygen atoms in total. The van der Waals surface area contributed by atoms with Gasteiger partial charge in [0.15, 0.2) is 0 Å². The molecule has 1 aliphatic carbocycles. The molecule has 1 unspecified atom stereocenters. The van der Waals surface area contributed by atoms with Crippen LogP contribution in [0, 0.1) is 5.92 Å². The number of aryl methyl sites for hydroxylation is 2. The highest BCUT2D eigenvalue weighted by atomic mass is 16.3. The molecule has 0 radical (unpaired) electrons. The molecule has 18 heavy (non-hydrogen) atoms. The van der Waals surface area contributed by atoms with Gasteiger partial charge in [0.2, 0.25) is 0 Å². The smallest absolute Gasteiger partial charge is 0.0820 e. The quantitative estimate of drug-likeness (QED) is 0.833. The van der Waals surface area contributed by atoms with Gasteiger partial charge in [0.1, 0.15) is 0 Å². The molecule has 100 valence electrons. The molecular formula is C17H26O. The summed E-state index contributed by atoms with van der Waals surface area (Å²) in [7, 11) is 0. The van der Waals surface area contributed by atoms with E-state index in [1.54, 1.807) is 0 Å². The Labute approximate surface area is 111 Å². The van der Waals surface area contributed by atoms with E-state index in [-0.39, 0.29) is 6.10 Å². The normalized spacial score (nSPS) is 18.8. The third kappa shape index (κ3) is 2.95. The van der Waals surface area contributed by atoms with Crippen molar-refractivity contribution in [1.29, 1.82) is 0 Å². The highest BCUT2D eigenvalue weighted by Crippen LogP contribution is 2.36. The minimum Gasteiger partial charge on any atom is -0.388 e. The molecule has 1 aromatic carbocycles. The molecule has 0 saturated heterocycles. The molecule has 1 N–H and O–H groups in total. The zero-order chi connectivity index (χ0) is 13.0. The van der Waals surface area contributed by atoms with Crippen molar-refractivity contribution in [3.63, 3.8) is 0 Å². The predicted molar refractivity (Wildman–Crippen MR) is 76.7 cm³/mol. The van der Waals surface area contributed by atoms with Crippen LogP contribution in [0.1, 0.15) is 68.7 Å². The van der Waals surface area contributed by atoms with Crippen LogP contribution in [0.2, 0.25) is 0 Å². The Balaban J connectivity index is 2.23. The SMILES string of the molecule is CCc1ccc(CC)c(C(O)C2CCCCC2)c1. The minimum absolute atomic E-state index is 0.244. The van der Waals surface area contributed by atoms with Crippen LogP contribution in [-0.2, 0) is 12.8 Å². The predicted octanol–water partition coefficient (Wildman–Crippen LogP) is 4.43. The summed E-state index contributed by atoms with van der Waals surface area (Å²) < 4.78 is 0. The Hall–Kier alpha value is -0.820. The van der Waals surface area contributed by atoms with Gasteiger partial charge in [0.05, 0.1) is 6.10 Å². The first-order valence-electron chi connectivity index (χ1n) is 7.56. The van der Waals surface area contributed by atoms with Crippen molar-refractivity contribution in [2.24, 2.45) is 5.92 Å². The lowest BCUT2D eigenvalue weighted by Crippen LogP contribution is -2.17. The molecule has 1 fully saturated rings. The molecule has 1 aliphatic rings. The van der Waals surface area contributed by atoms with Crippen LogP contribution < -0.4 is 0 Å². The van der Waals surface area contributed by atoms with Crippen molar-refractivity contribution in [3.05, 3.63) is 34.9 Å². The van der Waals surface area contributed by atoms with Gasteiger partial charge in [-0.15, -0.1) is 0 Å². The van der Waals surface area contributed by atoms with Crippen LogP contribution in [0.25, 0.3) is 0 Å². The van der Waals surface area contributed by atoms with Crippen LogP contribution in [0.3, 0.4) is 0 Å². The minimum atomic E-state index is -0.244. The van der Waals surface area contributed by atoms with Crippen LogP contribution in [-0.4, -0.2) is 5.11 Å². The Morgan fingerprint density at radius 2 is 1.83 bits per heavy atom. The lowest BCUT2D eigenvalue weighted by atomic mass is 9.81. The van der Waals surface area contributed by atoms with Crippen molar-refractivity contribution in [2.45, 2.75) is 64.9 Å². The standard InChI is InChI=1S/C17H26O/c1-3-13-10-11-14(4-2)16(12-13)17(18)15-8-6-5-7-9-15/h10-12,15,17-18H,3-9H2,1-2H3. The van der Waals surface area contributed by atoms with Crippen molar-refractivity contribution in [3.8, 4) is 0 Å². The molecular weight excluding hydrogens is 220 g/mol. The third-order valence-corrected chi connectivity index (χ3v) is 4.41. The number of aliphatic hydroxyl groups is 1. The van der Waals surface area contributed by atoms with Crippen molar-refractivity contribution >= 4 is 0 Å². The molecule has 1 aromatic rings. The number of benzene rings is 1. The molecule has 0 bridgehead atoms. The van der Waals surface area contributed by atoms with E-state index in [4.69, 9.17) is 0 Å². The Kier molecular flexibility index (Phi) is 4.82. The zero-order valence-corrected chi connectivity index (χ0v) is 11.8. The number of hydrogen-bond acceptors (Lipinski definition) is 1. The van der Waals surface area contributed by atoms with Gasteiger partial charge in [0.25, 0.3) is 0 Å². The fourth-order valence-electron chi connectivity index (χ4n) is 3.17. The summed E-state index contributed by atoms with van der Waals surface area (Å²) in [6, 6.07) is 6.65. The molecule has 0 aliphatic heterocycles. The van der Waals surface area contributed by atoms with Gasteiger partial charge in [-0.25, -0.2) is 0 Å². The van der Waals surface area contributed by atoms with Crippen LogP contribution >= 0.6 is 0 Å². The second-order valence-corrected chi connectivity index (χ2v) is 5.58. The molecule has 0 heterocycles. The molecule has 0 aromatic heterocycles. The number of aliphatic hydroxyl groups excluding tert-OH is 1. The maximum absolute atomic E-state index is 10.7.